The Morgan fingerprint density at radius 1 is 0.379 bits per heavy atom. The van der Waals surface area contributed by atoms with Crippen LogP contribution in [0.25, 0.3) is 99.7 Å². The van der Waals surface area contributed by atoms with Crippen LogP contribution in [-0.4, -0.2) is 0 Å². The molecule has 1 unspecified atom stereocenters. The molecule has 0 bridgehead atoms. The highest BCUT2D eigenvalue weighted by molar-refractivity contribution is 6.22. The predicted molar refractivity (Wildman–Crippen MR) is 248 cm³/mol. The van der Waals surface area contributed by atoms with E-state index in [1.165, 1.54) is 115 Å². The van der Waals surface area contributed by atoms with E-state index in [1.54, 1.807) is 0 Å². The van der Waals surface area contributed by atoms with E-state index in [4.69, 9.17) is 0 Å². The van der Waals surface area contributed by atoms with Crippen molar-refractivity contribution < 1.29 is 0 Å². The minimum atomic E-state index is 0.326. The number of allylic oxidation sites excluding steroid dienone is 2. The summed E-state index contributed by atoms with van der Waals surface area (Å²) in [6, 6.07) is 69.6. The Kier molecular flexibility index (Phi) is 7.46. The maximum Gasteiger partial charge on any atom is 0.0285 e. The van der Waals surface area contributed by atoms with Crippen LogP contribution in [0.2, 0.25) is 0 Å². The molecule has 0 aromatic heterocycles. The van der Waals surface area contributed by atoms with Gasteiger partial charge in [0.2, 0.25) is 0 Å². The van der Waals surface area contributed by atoms with Crippen molar-refractivity contribution in [3.8, 4) is 44.5 Å². The highest BCUT2D eigenvalue weighted by Crippen LogP contribution is 2.53. The molecular formula is C58H38. The second-order valence-electron chi connectivity index (χ2n) is 15.8. The average Bonchev–Trinajstić information content (AvgIpc) is 3.62. The van der Waals surface area contributed by atoms with Crippen molar-refractivity contribution in [1.29, 1.82) is 0 Å². The van der Waals surface area contributed by atoms with Gasteiger partial charge in [0.1, 0.15) is 0 Å². The third-order valence-electron chi connectivity index (χ3n) is 12.8. The second-order valence-corrected chi connectivity index (χ2v) is 15.8. The van der Waals surface area contributed by atoms with Crippen molar-refractivity contribution in [2.24, 2.45) is 0 Å². The van der Waals surface area contributed by atoms with Gasteiger partial charge in [0, 0.05) is 5.92 Å². The molecule has 2 aliphatic carbocycles. The van der Waals surface area contributed by atoms with Crippen LogP contribution in [0.5, 0.6) is 0 Å². The van der Waals surface area contributed by atoms with Gasteiger partial charge in [0.05, 0.1) is 0 Å². The third-order valence-corrected chi connectivity index (χ3v) is 12.8. The molecule has 0 radical (unpaired) electrons. The molecule has 1 atom stereocenters. The Bertz CT molecular complexity index is 3290. The van der Waals surface area contributed by atoms with Gasteiger partial charge in [0.15, 0.2) is 0 Å². The van der Waals surface area contributed by atoms with Gasteiger partial charge in [-0.25, -0.2) is 0 Å². The first kappa shape index (κ1) is 32.9. The van der Waals surface area contributed by atoms with E-state index in [-0.39, 0.29) is 0 Å². The zero-order valence-corrected chi connectivity index (χ0v) is 32.0. The summed E-state index contributed by atoms with van der Waals surface area (Å²) in [5.41, 5.74) is 17.3. The Morgan fingerprint density at radius 3 is 1.72 bits per heavy atom. The van der Waals surface area contributed by atoms with Crippen LogP contribution in [0, 0.1) is 0 Å². The fourth-order valence-corrected chi connectivity index (χ4v) is 10.2. The molecule has 0 amide bonds. The first-order chi connectivity index (χ1) is 28.8. The molecule has 0 saturated carbocycles. The number of rotatable bonds is 5. The Labute approximate surface area is 338 Å². The first-order valence-corrected chi connectivity index (χ1v) is 20.4. The molecule has 0 N–H and O–H groups in total. The molecule has 0 heteroatoms. The van der Waals surface area contributed by atoms with Gasteiger partial charge in [-0.2, -0.15) is 0 Å². The summed E-state index contributed by atoms with van der Waals surface area (Å²) in [5.74, 6) is 0.326. The molecule has 12 rings (SSSR count). The van der Waals surface area contributed by atoms with Crippen molar-refractivity contribution in [3.05, 3.63) is 228 Å². The summed E-state index contributed by atoms with van der Waals surface area (Å²) >= 11 is 0. The highest BCUT2D eigenvalue weighted by atomic mass is 14.4. The SMILES string of the molecule is C1=CC2c3ccccc3-c3ccc(-c4c5ccccc5c(-c5ccc(/C=C/c6ccc(-c7cccc8ccccc78)c7ccccc67)cc5)c5ccccc45)c(c32)C1. The lowest BCUT2D eigenvalue weighted by molar-refractivity contribution is 0.990. The fourth-order valence-electron chi connectivity index (χ4n) is 10.2. The molecule has 10 aromatic carbocycles. The molecule has 0 saturated heterocycles. The van der Waals surface area contributed by atoms with Gasteiger partial charge in [-0.3, -0.25) is 0 Å². The number of hydrogen-bond acceptors (Lipinski definition) is 0. The molecule has 270 valence electrons. The third kappa shape index (κ3) is 5.02. The zero-order chi connectivity index (χ0) is 38.2. The monoisotopic (exact) mass is 734 g/mol. The van der Waals surface area contributed by atoms with E-state index < -0.39 is 0 Å². The largest absolute Gasteiger partial charge is 0.0832 e. The van der Waals surface area contributed by atoms with Gasteiger partial charge < -0.3 is 0 Å². The van der Waals surface area contributed by atoms with Gasteiger partial charge in [-0.05, 0) is 122 Å². The molecule has 58 heavy (non-hydrogen) atoms. The molecular weight excluding hydrogens is 697 g/mol. The second kappa shape index (κ2) is 13.2. The zero-order valence-electron chi connectivity index (χ0n) is 32.0. The molecule has 0 nitrogen and oxygen atoms in total. The Hall–Kier alpha value is -7.28. The van der Waals surface area contributed by atoms with Crippen LogP contribution in [0.15, 0.2) is 200 Å². The number of hydrogen-bond donors (Lipinski definition) is 0. The van der Waals surface area contributed by atoms with Gasteiger partial charge in [-0.1, -0.05) is 212 Å². The molecule has 0 spiro atoms. The minimum absolute atomic E-state index is 0.326. The van der Waals surface area contributed by atoms with Crippen molar-refractivity contribution in [3.63, 3.8) is 0 Å². The van der Waals surface area contributed by atoms with E-state index in [2.05, 4.69) is 212 Å². The molecule has 10 aromatic rings. The highest BCUT2D eigenvalue weighted by Gasteiger charge is 2.32. The summed E-state index contributed by atoms with van der Waals surface area (Å²) in [7, 11) is 0. The summed E-state index contributed by atoms with van der Waals surface area (Å²) < 4.78 is 0. The van der Waals surface area contributed by atoms with Gasteiger partial charge in [-0.15, -0.1) is 0 Å². The first-order valence-electron chi connectivity index (χ1n) is 20.4. The molecule has 0 aliphatic heterocycles. The summed E-state index contributed by atoms with van der Waals surface area (Å²) in [4.78, 5) is 0. The molecule has 0 heterocycles. The quantitative estimate of drug-likeness (QED) is 0.0938. The smallest absolute Gasteiger partial charge is 0.0285 e. The average molecular weight is 735 g/mol. The maximum absolute atomic E-state index is 2.42. The standard InChI is InChI=1S/C58H38/c1-2-15-41-38(13-1)14-11-24-44(41)47-34-33-39(42-16-3-4-17-43(42)47)30-27-37-28-31-40(32-29-37)56-49-20-7-9-22-51(49)58(52-23-10-8-21-50(52)56)55-36-35-54-46-19-6-5-18-45(46)48-25-12-26-53(55)57(48)54/h1-25,27-36,48H,26H2/b30-27+. The molecule has 2 aliphatic rings. The van der Waals surface area contributed by atoms with Crippen molar-refractivity contribution in [1.82, 2.24) is 0 Å². The maximum atomic E-state index is 2.42. The number of fused-ring (bicyclic) bond motifs is 7. The van der Waals surface area contributed by atoms with Crippen LogP contribution in [0.1, 0.15) is 33.7 Å². The van der Waals surface area contributed by atoms with E-state index in [0.29, 0.717) is 5.92 Å². The van der Waals surface area contributed by atoms with Crippen LogP contribution >= 0.6 is 0 Å². The van der Waals surface area contributed by atoms with E-state index in [1.807, 2.05) is 0 Å². The fraction of sp³-hybridized carbons (Fsp3) is 0.0345. The lowest BCUT2D eigenvalue weighted by Gasteiger charge is -2.24. The lowest BCUT2D eigenvalue weighted by Crippen LogP contribution is -2.05. The van der Waals surface area contributed by atoms with E-state index in [0.717, 1.165) is 6.42 Å². The van der Waals surface area contributed by atoms with Gasteiger partial charge in [0.25, 0.3) is 0 Å². The lowest BCUT2D eigenvalue weighted by atomic mass is 9.79. The van der Waals surface area contributed by atoms with Gasteiger partial charge >= 0.3 is 0 Å². The van der Waals surface area contributed by atoms with Crippen molar-refractivity contribution in [2.45, 2.75) is 12.3 Å². The number of benzene rings is 10. The Balaban J connectivity index is 0.944. The van der Waals surface area contributed by atoms with Crippen LogP contribution < -0.4 is 0 Å². The minimum Gasteiger partial charge on any atom is -0.0832 e. The normalized spacial score (nSPS) is 14.2. The Morgan fingerprint density at radius 2 is 0.948 bits per heavy atom. The van der Waals surface area contributed by atoms with E-state index in [9.17, 15) is 0 Å². The topological polar surface area (TPSA) is 0 Å². The summed E-state index contributed by atoms with van der Waals surface area (Å²) in [6.45, 7) is 0. The molecule has 0 fully saturated rings. The predicted octanol–water partition coefficient (Wildman–Crippen LogP) is 15.7. The summed E-state index contributed by atoms with van der Waals surface area (Å²) in [6.07, 6.45) is 10.3. The van der Waals surface area contributed by atoms with Crippen LogP contribution in [0.4, 0.5) is 0 Å². The van der Waals surface area contributed by atoms with Crippen LogP contribution in [0.3, 0.4) is 0 Å². The van der Waals surface area contributed by atoms with E-state index >= 15 is 0 Å². The van der Waals surface area contributed by atoms with Crippen molar-refractivity contribution in [2.75, 3.05) is 0 Å². The summed E-state index contributed by atoms with van der Waals surface area (Å²) in [5, 5.41) is 10.3. The van der Waals surface area contributed by atoms with Crippen molar-refractivity contribution >= 4 is 55.2 Å². The van der Waals surface area contributed by atoms with Crippen LogP contribution in [-0.2, 0) is 6.42 Å².